The monoisotopic (exact) mass is 300 g/mol. The van der Waals surface area contributed by atoms with Crippen LogP contribution in [0.4, 0.5) is 13.2 Å². The van der Waals surface area contributed by atoms with Gasteiger partial charge >= 0.3 is 6.18 Å². The Morgan fingerprint density at radius 2 is 2.16 bits per heavy atom. The molecule has 0 aliphatic rings. The SMILES string of the molecule is CSc1nc(-c2cccs2)cc(C(F)(F)F)c1C#N. The van der Waals surface area contributed by atoms with Gasteiger partial charge in [0, 0.05) is 0 Å². The quantitative estimate of drug-likeness (QED) is 0.770. The highest BCUT2D eigenvalue weighted by atomic mass is 32.2. The van der Waals surface area contributed by atoms with Gasteiger partial charge in [0.2, 0.25) is 0 Å². The Morgan fingerprint density at radius 3 is 2.63 bits per heavy atom. The van der Waals surface area contributed by atoms with Crippen LogP contribution in [0.5, 0.6) is 0 Å². The molecule has 0 aliphatic carbocycles. The minimum Gasteiger partial charge on any atom is -0.239 e. The van der Waals surface area contributed by atoms with Crippen LogP contribution in [0.25, 0.3) is 10.6 Å². The molecule has 0 unspecified atom stereocenters. The molecule has 0 aromatic carbocycles. The summed E-state index contributed by atoms with van der Waals surface area (Å²) < 4.78 is 39.0. The third-order valence-corrected chi connectivity index (χ3v) is 3.94. The van der Waals surface area contributed by atoms with Crippen LogP contribution in [-0.2, 0) is 6.18 Å². The number of halogens is 3. The van der Waals surface area contributed by atoms with E-state index in [9.17, 15) is 13.2 Å². The summed E-state index contributed by atoms with van der Waals surface area (Å²) in [6.07, 6.45) is -2.97. The topological polar surface area (TPSA) is 36.7 Å². The van der Waals surface area contributed by atoms with Gasteiger partial charge in [-0.3, -0.25) is 0 Å². The largest absolute Gasteiger partial charge is 0.417 e. The zero-order valence-corrected chi connectivity index (χ0v) is 11.3. The van der Waals surface area contributed by atoms with Gasteiger partial charge in [-0.25, -0.2) is 4.98 Å². The average molecular weight is 300 g/mol. The maximum absolute atomic E-state index is 13.0. The molecule has 2 heterocycles. The van der Waals surface area contributed by atoms with Crippen molar-refractivity contribution in [2.45, 2.75) is 11.2 Å². The Labute approximate surface area is 115 Å². The summed E-state index contributed by atoms with van der Waals surface area (Å²) in [6.45, 7) is 0. The first kappa shape index (κ1) is 13.9. The van der Waals surface area contributed by atoms with Crippen LogP contribution < -0.4 is 0 Å². The number of thiophene rings is 1. The van der Waals surface area contributed by atoms with Gasteiger partial charge in [0.1, 0.15) is 11.1 Å². The van der Waals surface area contributed by atoms with Crippen molar-refractivity contribution < 1.29 is 13.2 Å². The van der Waals surface area contributed by atoms with Gasteiger partial charge in [0.15, 0.2) is 0 Å². The summed E-state index contributed by atoms with van der Waals surface area (Å²) in [7, 11) is 0. The van der Waals surface area contributed by atoms with Gasteiger partial charge in [-0.15, -0.1) is 23.1 Å². The number of hydrogen-bond donors (Lipinski definition) is 0. The predicted octanol–water partition coefficient (Wildman–Crippen LogP) is 4.42. The molecule has 7 heteroatoms. The second kappa shape index (κ2) is 5.23. The van der Waals surface area contributed by atoms with Gasteiger partial charge in [0.05, 0.1) is 21.7 Å². The molecular formula is C12H7F3N2S2. The molecule has 2 aromatic heterocycles. The van der Waals surface area contributed by atoms with Crippen molar-refractivity contribution in [1.82, 2.24) is 4.98 Å². The van der Waals surface area contributed by atoms with E-state index in [0.717, 1.165) is 17.8 Å². The summed E-state index contributed by atoms with van der Waals surface area (Å²) in [5, 5.41) is 10.8. The van der Waals surface area contributed by atoms with Crippen molar-refractivity contribution in [3.63, 3.8) is 0 Å². The molecule has 0 amide bonds. The maximum Gasteiger partial charge on any atom is 0.417 e. The maximum atomic E-state index is 13.0. The van der Waals surface area contributed by atoms with Crippen LogP contribution in [0, 0.1) is 11.3 Å². The molecule has 0 saturated heterocycles. The molecule has 2 nitrogen and oxygen atoms in total. The highest BCUT2D eigenvalue weighted by Gasteiger charge is 2.36. The molecule has 0 saturated carbocycles. The van der Waals surface area contributed by atoms with Gasteiger partial charge in [-0.1, -0.05) is 6.07 Å². The van der Waals surface area contributed by atoms with E-state index < -0.39 is 17.3 Å². The first-order valence-corrected chi connectivity index (χ1v) is 7.18. The van der Waals surface area contributed by atoms with Crippen molar-refractivity contribution >= 4 is 23.1 Å². The van der Waals surface area contributed by atoms with Crippen LogP contribution >= 0.6 is 23.1 Å². The Bertz CT molecular complexity index is 628. The third-order valence-electron chi connectivity index (χ3n) is 2.37. The minimum atomic E-state index is -4.56. The number of alkyl halides is 3. The summed E-state index contributed by atoms with van der Waals surface area (Å²) in [4.78, 5) is 4.77. The smallest absolute Gasteiger partial charge is 0.239 e. The van der Waals surface area contributed by atoms with E-state index in [0.29, 0.717) is 4.88 Å². The van der Waals surface area contributed by atoms with E-state index in [1.807, 2.05) is 0 Å². The van der Waals surface area contributed by atoms with Crippen molar-refractivity contribution in [2.75, 3.05) is 6.26 Å². The van der Waals surface area contributed by atoms with Crippen LogP contribution in [0.15, 0.2) is 28.6 Å². The first-order valence-electron chi connectivity index (χ1n) is 5.07. The molecule has 0 aliphatic heterocycles. The lowest BCUT2D eigenvalue weighted by molar-refractivity contribution is -0.138. The van der Waals surface area contributed by atoms with Crippen LogP contribution in [0.3, 0.4) is 0 Å². The lowest BCUT2D eigenvalue weighted by atomic mass is 10.1. The molecule has 2 rings (SSSR count). The predicted molar refractivity (Wildman–Crippen MR) is 69.0 cm³/mol. The third kappa shape index (κ3) is 2.74. The van der Waals surface area contributed by atoms with E-state index in [2.05, 4.69) is 4.98 Å². The van der Waals surface area contributed by atoms with Gasteiger partial charge in [-0.05, 0) is 23.8 Å². The lowest BCUT2D eigenvalue weighted by Crippen LogP contribution is -2.10. The van der Waals surface area contributed by atoms with E-state index >= 15 is 0 Å². The Morgan fingerprint density at radius 1 is 1.42 bits per heavy atom. The minimum absolute atomic E-state index is 0.0979. The summed E-state index contributed by atoms with van der Waals surface area (Å²) in [6, 6.07) is 5.97. The standard InChI is InChI=1S/C12H7F3N2S2/c1-18-11-7(6-16)8(12(13,14)15)5-9(17-11)10-3-2-4-19-10/h2-5H,1H3. The second-order valence-electron chi connectivity index (χ2n) is 3.53. The van der Waals surface area contributed by atoms with E-state index in [-0.39, 0.29) is 10.7 Å². The van der Waals surface area contributed by atoms with Gasteiger partial charge in [-0.2, -0.15) is 18.4 Å². The highest BCUT2D eigenvalue weighted by molar-refractivity contribution is 7.98. The lowest BCUT2D eigenvalue weighted by Gasteiger charge is -2.12. The second-order valence-corrected chi connectivity index (χ2v) is 5.27. The number of aromatic nitrogens is 1. The Kier molecular flexibility index (Phi) is 3.83. The molecule has 0 radical (unpaired) electrons. The molecule has 0 bridgehead atoms. The van der Waals surface area contributed by atoms with Crippen LogP contribution in [-0.4, -0.2) is 11.2 Å². The molecule has 0 N–H and O–H groups in total. The van der Waals surface area contributed by atoms with Crippen LogP contribution in [0.1, 0.15) is 11.1 Å². The zero-order chi connectivity index (χ0) is 14.0. The summed E-state index contributed by atoms with van der Waals surface area (Å²) in [5.41, 5.74) is -1.11. The van der Waals surface area contributed by atoms with E-state index in [4.69, 9.17) is 5.26 Å². The normalized spacial score (nSPS) is 11.3. The van der Waals surface area contributed by atoms with Gasteiger partial charge in [0.25, 0.3) is 0 Å². The Balaban J connectivity index is 2.71. The van der Waals surface area contributed by atoms with Crippen molar-refractivity contribution in [1.29, 1.82) is 5.26 Å². The Hall–Kier alpha value is -1.52. The molecule has 0 spiro atoms. The zero-order valence-electron chi connectivity index (χ0n) is 9.65. The van der Waals surface area contributed by atoms with Crippen molar-refractivity contribution in [2.24, 2.45) is 0 Å². The number of pyridine rings is 1. The summed E-state index contributed by atoms with van der Waals surface area (Å²) in [5.74, 6) is 0. The molecule has 2 aromatic rings. The van der Waals surface area contributed by atoms with Crippen molar-refractivity contribution in [3.05, 3.63) is 34.7 Å². The fourth-order valence-corrected chi connectivity index (χ4v) is 2.79. The molecule has 98 valence electrons. The number of nitrogens with zero attached hydrogens (tertiary/aromatic N) is 2. The fraction of sp³-hybridized carbons (Fsp3) is 0.167. The van der Waals surface area contributed by atoms with Crippen molar-refractivity contribution in [3.8, 4) is 16.6 Å². The first-order chi connectivity index (χ1) is 8.97. The summed E-state index contributed by atoms with van der Waals surface area (Å²) >= 11 is 2.34. The number of thioether (sulfide) groups is 1. The van der Waals surface area contributed by atoms with Gasteiger partial charge < -0.3 is 0 Å². The van der Waals surface area contributed by atoms with E-state index in [1.165, 1.54) is 11.3 Å². The number of nitriles is 1. The fourth-order valence-electron chi connectivity index (χ4n) is 1.55. The average Bonchev–Trinajstić information content (AvgIpc) is 2.89. The molecular weight excluding hydrogens is 293 g/mol. The molecule has 0 fully saturated rings. The van der Waals surface area contributed by atoms with E-state index in [1.54, 1.807) is 29.8 Å². The molecule has 0 atom stereocenters. The highest BCUT2D eigenvalue weighted by Crippen LogP contribution is 2.38. The number of hydrogen-bond acceptors (Lipinski definition) is 4. The number of rotatable bonds is 2. The molecule has 19 heavy (non-hydrogen) atoms. The van der Waals surface area contributed by atoms with Crippen LogP contribution in [0.2, 0.25) is 0 Å².